The molecule has 0 saturated carbocycles. The normalized spacial score (nSPS) is 19.2. The third kappa shape index (κ3) is 5.51. The van der Waals surface area contributed by atoms with E-state index in [1.807, 2.05) is 24.3 Å². The highest BCUT2D eigenvalue weighted by atomic mass is 16.5. The number of likely N-dealkylation sites (N-methyl/N-ethyl adjacent to an activating group) is 1. The summed E-state index contributed by atoms with van der Waals surface area (Å²) in [6.45, 7) is 4.72. The van der Waals surface area contributed by atoms with Crippen molar-refractivity contribution in [1.82, 2.24) is 14.7 Å². The highest BCUT2D eigenvalue weighted by molar-refractivity contribution is 5.94. The maximum absolute atomic E-state index is 13.4. The molecule has 1 fully saturated rings. The van der Waals surface area contributed by atoms with Crippen LogP contribution in [0.3, 0.4) is 0 Å². The molecular weight excluding hydrogens is 398 g/mol. The molecule has 0 N–H and O–H groups in total. The summed E-state index contributed by atoms with van der Waals surface area (Å²) < 4.78 is 5.26. The number of fused-ring (bicyclic) bond motifs is 1. The van der Waals surface area contributed by atoms with Crippen molar-refractivity contribution in [3.05, 3.63) is 65.2 Å². The van der Waals surface area contributed by atoms with E-state index in [4.69, 9.17) is 4.74 Å². The van der Waals surface area contributed by atoms with Crippen LogP contribution in [-0.4, -0.2) is 80.6 Å². The molecule has 0 bridgehead atoms. The second kappa shape index (κ2) is 10.5. The molecular formula is C27H37N3O2. The summed E-state index contributed by atoms with van der Waals surface area (Å²) >= 11 is 0. The van der Waals surface area contributed by atoms with Crippen molar-refractivity contribution in [2.75, 3.05) is 53.9 Å². The number of rotatable bonds is 8. The predicted molar refractivity (Wildman–Crippen MR) is 129 cm³/mol. The molecule has 4 rings (SSSR count). The zero-order valence-corrected chi connectivity index (χ0v) is 19.8. The monoisotopic (exact) mass is 435 g/mol. The minimum Gasteiger partial charge on any atom is -0.497 e. The van der Waals surface area contributed by atoms with Crippen molar-refractivity contribution >= 4 is 5.91 Å². The van der Waals surface area contributed by atoms with Gasteiger partial charge in [-0.3, -0.25) is 9.69 Å². The van der Waals surface area contributed by atoms with Crippen molar-refractivity contribution in [2.24, 2.45) is 5.92 Å². The van der Waals surface area contributed by atoms with Gasteiger partial charge in [0.15, 0.2) is 0 Å². The average molecular weight is 436 g/mol. The fraction of sp³-hybridized carbons (Fsp3) is 0.519. The van der Waals surface area contributed by atoms with Crippen molar-refractivity contribution in [3.8, 4) is 5.75 Å². The second-order valence-electron chi connectivity index (χ2n) is 9.62. The van der Waals surface area contributed by atoms with Gasteiger partial charge in [0.25, 0.3) is 5.91 Å². The molecule has 2 aliphatic rings. The minimum atomic E-state index is 0.125. The van der Waals surface area contributed by atoms with Gasteiger partial charge in [0.05, 0.1) is 7.11 Å². The van der Waals surface area contributed by atoms with Gasteiger partial charge in [0.1, 0.15) is 5.75 Å². The lowest BCUT2D eigenvalue weighted by Gasteiger charge is -2.39. The molecule has 1 amide bonds. The molecule has 1 aliphatic carbocycles. The summed E-state index contributed by atoms with van der Waals surface area (Å²) in [4.78, 5) is 20.3. The molecule has 32 heavy (non-hydrogen) atoms. The van der Waals surface area contributed by atoms with Crippen molar-refractivity contribution in [2.45, 2.75) is 31.7 Å². The third-order valence-electron chi connectivity index (χ3n) is 7.02. The predicted octanol–water partition coefficient (Wildman–Crippen LogP) is 3.58. The molecule has 172 valence electrons. The number of nitrogens with zero attached hydrogens (tertiary/aromatic N) is 3. The average Bonchev–Trinajstić information content (AvgIpc) is 3.26. The molecule has 1 aliphatic heterocycles. The van der Waals surface area contributed by atoms with E-state index in [9.17, 15) is 4.79 Å². The topological polar surface area (TPSA) is 36.0 Å². The Morgan fingerprint density at radius 1 is 1.03 bits per heavy atom. The van der Waals surface area contributed by atoms with E-state index in [0.717, 1.165) is 50.3 Å². The molecule has 0 spiro atoms. The smallest absolute Gasteiger partial charge is 0.253 e. The number of hydrogen-bond acceptors (Lipinski definition) is 4. The van der Waals surface area contributed by atoms with Gasteiger partial charge in [-0.25, -0.2) is 0 Å². The Bertz CT molecular complexity index is 871. The minimum absolute atomic E-state index is 0.125. The zero-order chi connectivity index (χ0) is 22.5. The molecule has 1 unspecified atom stereocenters. The summed E-state index contributed by atoms with van der Waals surface area (Å²) in [5, 5.41) is 0. The maximum Gasteiger partial charge on any atom is 0.253 e. The first kappa shape index (κ1) is 22.8. The Kier molecular flexibility index (Phi) is 7.48. The molecule has 2 aromatic rings. The largest absolute Gasteiger partial charge is 0.497 e. The summed E-state index contributed by atoms with van der Waals surface area (Å²) in [5.74, 6) is 1.43. The van der Waals surface area contributed by atoms with Crippen LogP contribution in [0, 0.1) is 5.92 Å². The van der Waals surface area contributed by atoms with Crippen LogP contribution in [0.15, 0.2) is 48.5 Å². The number of likely N-dealkylation sites (tertiary alicyclic amines) is 1. The van der Waals surface area contributed by atoms with Gasteiger partial charge in [-0.05, 0) is 87.6 Å². The number of ether oxygens (including phenoxy) is 1. The first-order valence-corrected chi connectivity index (χ1v) is 11.9. The SMILES string of the molecule is COc1ccc(C(=O)N(CCN(C)C)CC2CCCN(C3Cc4ccccc4C3)C2)cc1. The van der Waals surface area contributed by atoms with Gasteiger partial charge >= 0.3 is 0 Å². The lowest BCUT2D eigenvalue weighted by Crippen LogP contribution is -2.48. The van der Waals surface area contributed by atoms with E-state index in [2.05, 4.69) is 53.1 Å². The number of carbonyl (C=O) groups excluding carboxylic acids is 1. The zero-order valence-electron chi connectivity index (χ0n) is 19.8. The first-order chi connectivity index (χ1) is 15.5. The Morgan fingerprint density at radius 2 is 1.72 bits per heavy atom. The molecule has 5 heteroatoms. The Labute approximate surface area is 193 Å². The molecule has 0 aromatic heterocycles. The highest BCUT2D eigenvalue weighted by Gasteiger charge is 2.31. The summed E-state index contributed by atoms with van der Waals surface area (Å²) in [5.41, 5.74) is 3.77. The molecule has 1 atom stereocenters. The quantitative estimate of drug-likeness (QED) is 0.635. The molecule has 1 saturated heterocycles. The van der Waals surface area contributed by atoms with E-state index >= 15 is 0 Å². The van der Waals surface area contributed by atoms with Crippen LogP contribution in [0.1, 0.15) is 34.3 Å². The van der Waals surface area contributed by atoms with Crippen LogP contribution in [0.2, 0.25) is 0 Å². The number of amides is 1. The summed E-state index contributed by atoms with van der Waals surface area (Å²) in [6.07, 6.45) is 4.75. The lowest BCUT2D eigenvalue weighted by atomic mass is 9.95. The standard InChI is InChI=1S/C27H37N3O2/c1-28(2)15-16-30(27(31)22-10-12-26(32-3)13-11-22)20-21-7-6-14-29(19-21)25-17-23-8-4-5-9-24(23)18-25/h4-5,8-13,21,25H,6-7,14-20H2,1-3H3. The van der Waals surface area contributed by atoms with Gasteiger partial charge in [-0.1, -0.05) is 24.3 Å². The second-order valence-corrected chi connectivity index (χ2v) is 9.62. The van der Waals surface area contributed by atoms with E-state index in [-0.39, 0.29) is 5.91 Å². The van der Waals surface area contributed by atoms with Crippen LogP contribution in [0.4, 0.5) is 0 Å². The maximum atomic E-state index is 13.4. The summed E-state index contributed by atoms with van der Waals surface area (Å²) in [7, 11) is 5.78. The first-order valence-electron chi connectivity index (χ1n) is 11.9. The highest BCUT2D eigenvalue weighted by Crippen LogP contribution is 2.29. The van der Waals surface area contributed by atoms with Crippen molar-refractivity contribution in [3.63, 3.8) is 0 Å². The van der Waals surface area contributed by atoms with Gasteiger partial charge in [0, 0.05) is 37.8 Å². The number of hydrogen-bond donors (Lipinski definition) is 0. The van der Waals surface area contributed by atoms with Crippen molar-refractivity contribution < 1.29 is 9.53 Å². The molecule has 5 nitrogen and oxygen atoms in total. The van der Waals surface area contributed by atoms with Crippen LogP contribution in [0.25, 0.3) is 0 Å². The molecule has 2 aromatic carbocycles. The van der Waals surface area contributed by atoms with Gasteiger partial charge in [0.2, 0.25) is 0 Å². The summed E-state index contributed by atoms with van der Waals surface area (Å²) in [6, 6.07) is 17.0. The van der Waals surface area contributed by atoms with E-state index in [1.54, 1.807) is 7.11 Å². The van der Waals surface area contributed by atoms with Gasteiger partial charge < -0.3 is 14.5 Å². The van der Waals surface area contributed by atoms with Crippen molar-refractivity contribution in [1.29, 1.82) is 0 Å². The fourth-order valence-corrected chi connectivity index (χ4v) is 5.20. The van der Waals surface area contributed by atoms with E-state index in [0.29, 0.717) is 12.0 Å². The lowest BCUT2D eigenvalue weighted by molar-refractivity contribution is 0.0630. The van der Waals surface area contributed by atoms with Crippen LogP contribution >= 0.6 is 0 Å². The number of carbonyl (C=O) groups is 1. The van der Waals surface area contributed by atoms with Gasteiger partial charge in [-0.2, -0.15) is 0 Å². The number of methoxy groups -OCH3 is 1. The Hall–Kier alpha value is -2.37. The van der Waals surface area contributed by atoms with Crippen LogP contribution in [-0.2, 0) is 12.8 Å². The molecule has 1 heterocycles. The van der Waals surface area contributed by atoms with Gasteiger partial charge in [-0.15, -0.1) is 0 Å². The Morgan fingerprint density at radius 3 is 2.34 bits per heavy atom. The number of piperidine rings is 1. The Balaban J connectivity index is 1.41. The van der Waals surface area contributed by atoms with Crippen LogP contribution < -0.4 is 4.74 Å². The van der Waals surface area contributed by atoms with E-state index in [1.165, 1.54) is 30.5 Å². The third-order valence-corrected chi connectivity index (χ3v) is 7.02. The fourth-order valence-electron chi connectivity index (χ4n) is 5.20. The number of benzene rings is 2. The molecule has 0 radical (unpaired) electrons. The van der Waals surface area contributed by atoms with Crippen LogP contribution in [0.5, 0.6) is 5.75 Å². The van der Waals surface area contributed by atoms with E-state index < -0.39 is 0 Å².